The Balaban J connectivity index is 2.58. The van der Waals surface area contributed by atoms with Crippen molar-refractivity contribution in [2.24, 2.45) is 0 Å². The molecule has 0 saturated heterocycles. The third kappa shape index (κ3) is 1.73. The summed E-state index contributed by atoms with van der Waals surface area (Å²) in [7, 11) is 0. The van der Waals surface area contributed by atoms with Crippen LogP contribution >= 0.6 is 0 Å². The molecule has 0 atom stereocenters. The lowest BCUT2D eigenvalue weighted by Crippen LogP contribution is -2.04. The van der Waals surface area contributed by atoms with Gasteiger partial charge in [0.25, 0.3) is 0 Å². The van der Waals surface area contributed by atoms with Crippen molar-refractivity contribution in [2.45, 2.75) is 13.5 Å². The highest BCUT2D eigenvalue weighted by molar-refractivity contribution is 5.34. The highest BCUT2D eigenvalue weighted by Crippen LogP contribution is 2.14. The number of aliphatic hydroxyl groups is 1. The predicted octanol–water partition coefficient (Wildman–Crippen LogP) is 1.21. The minimum Gasteiger partial charge on any atom is -0.392 e. The Labute approximate surface area is 86.0 Å². The van der Waals surface area contributed by atoms with E-state index in [2.05, 4.69) is 9.97 Å². The molecule has 5 heteroatoms. The third-order valence-electron chi connectivity index (χ3n) is 2.13. The number of hydrogen-bond acceptors (Lipinski definition) is 3. The summed E-state index contributed by atoms with van der Waals surface area (Å²) in [5.41, 5.74) is 0.441. The van der Waals surface area contributed by atoms with E-state index in [9.17, 15) is 4.39 Å². The highest BCUT2D eigenvalue weighted by atomic mass is 19.1. The van der Waals surface area contributed by atoms with Crippen LogP contribution in [0.1, 0.15) is 11.4 Å². The Morgan fingerprint density at radius 2 is 2.27 bits per heavy atom. The number of nitrogens with zero attached hydrogens (tertiary/aromatic N) is 3. The van der Waals surface area contributed by atoms with Crippen LogP contribution in [0, 0.1) is 12.7 Å². The summed E-state index contributed by atoms with van der Waals surface area (Å²) in [6, 6.07) is 1.27. The van der Waals surface area contributed by atoms with Crippen molar-refractivity contribution in [2.75, 3.05) is 0 Å². The summed E-state index contributed by atoms with van der Waals surface area (Å²) < 4.78 is 14.6. The Morgan fingerprint density at radius 3 is 2.87 bits per heavy atom. The Morgan fingerprint density at radius 1 is 1.47 bits per heavy atom. The van der Waals surface area contributed by atoms with Gasteiger partial charge in [-0.3, -0.25) is 4.57 Å². The average molecular weight is 207 g/mol. The van der Waals surface area contributed by atoms with Gasteiger partial charge in [0.2, 0.25) is 0 Å². The first-order valence-electron chi connectivity index (χ1n) is 4.48. The quantitative estimate of drug-likeness (QED) is 0.805. The van der Waals surface area contributed by atoms with Gasteiger partial charge < -0.3 is 5.11 Å². The molecule has 0 radical (unpaired) electrons. The fourth-order valence-corrected chi connectivity index (χ4v) is 1.41. The number of imidazole rings is 1. The first kappa shape index (κ1) is 9.79. The first-order chi connectivity index (χ1) is 7.22. The smallest absolute Gasteiger partial charge is 0.143 e. The number of aliphatic hydroxyl groups excluding tert-OH is 1. The molecule has 2 aromatic rings. The van der Waals surface area contributed by atoms with Crippen LogP contribution in [0.3, 0.4) is 0 Å². The molecule has 0 aliphatic heterocycles. The van der Waals surface area contributed by atoms with Gasteiger partial charge in [-0.1, -0.05) is 0 Å². The normalized spacial score (nSPS) is 10.6. The van der Waals surface area contributed by atoms with Gasteiger partial charge in [-0.2, -0.15) is 0 Å². The minimum absolute atomic E-state index is 0.252. The summed E-state index contributed by atoms with van der Waals surface area (Å²) in [6.45, 7) is 1.56. The molecule has 0 aliphatic rings. The van der Waals surface area contributed by atoms with Crippen LogP contribution in [0.15, 0.2) is 24.7 Å². The number of hydrogen-bond donors (Lipinski definition) is 1. The Kier molecular flexibility index (Phi) is 2.47. The molecular weight excluding hydrogens is 197 g/mol. The molecule has 0 bridgehead atoms. The topological polar surface area (TPSA) is 50.9 Å². The molecule has 2 aromatic heterocycles. The van der Waals surface area contributed by atoms with E-state index in [1.807, 2.05) is 6.92 Å². The van der Waals surface area contributed by atoms with Crippen LogP contribution in [0.5, 0.6) is 0 Å². The van der Waals surface area contributed by atoms with E-state index in [0.29, 0.717) is 11.4 Å². The zero-order valence-electron chi connectivity index (χ0n) is 8.18. The monoisotopic (exact) mass is 207 g/mol. The fraction of sp³-hybridized carbons (Fsp3) is 0.200. The van der Waals surface area contributed by atoms with Crippen LogP contribution < -0.4 is 0 Å². The lowest BCUT2D eigenvalue weighted by molar-refractivity contribution is 0.280. The zero-order valence-corrected chi connectivity index (χ0v) is 8.18. The molecule has 2 heterocycles. The summed E-state index contributed by atoms with van der Waals surface area (Å²) in [4.78, 5) is 7.98. The summed E-state index contributed by atoms with van der Waals surface area (Å²) in [5, 5.41) is 9.09. The van der Waals surface area contributed by atoms with Crippen LogP contribution in [0.4, 0.5) is 4.39 Å². The third-order valence-corrected chi connectivity index (χ3v) is 2.13. The van der Waals surface area contributed by atoms with E-state index in [-0.39, 0.29) is 6.61 Å². The van der Waals surface area contributed by atoms with Crippen molar-refractivity contribution in [3.8, 4) is 5.82 Å². The van der Waals surface area contributed by atoms with Crippen LogP contribution in [0.2, 0.25) is 0 Å². The van der Waals surface area contributed by atoms with E-state index >= 15 is 0 Å². The molecule has 0 aromatic carbocycles. The van der Waals surface area contributed by atoms with Crippen molar-refractivity contribution in [3.63, 3.8) is 0 Å². The van der Waals surface area contributed by atoms with E-state index in [1.165, 1.54) is 6.07 Å². The number of pyridine rings is 1. The molecule has 0 spiro atoms. The van der Waals surface area contributed by atoms with Gasteiger partial charge in [0.1, 0.15) is 17.5 Å². The van der Waals surface area contributed by atoms with Crippen molar-refractivity contribution in [1.82, 2.24) is 14.5 Å². The second-order valence-electron chi connectivity index (χ2n) is 3.14. The maximum Gasteiger partial charge on any atom is 0.143 e. The van der Waals surface area contributed by atoms with Gasteiger partial charge in [0.05, 0.1) is 12.8 Å². The van der Waals surface area contributed by atoms with Crippen LogP contribution in [-0.4, -0.2) is 19.6 Å². The van der Waals surface area contributed by atoms with Gasteiger partial charge in [0, 0.05) is 18.0 Å². The van der Waals surface area contributed by atoms with Gasteiger partial charge in [-0.15, -0.1) is 0 Å². The van der Waals surface area contributed by atoms with Crippen molar-refractivity contribution < 1.29 is 9.50 Å². The van der Waals surface area contributed by atoms with E-state index in [1.54, 1.807) is 17.0 Å². The molecule has 0 amide bonds. The minimum atomic E-state index is -0.458. The van der Waals surface area contributed by atoms with E-state index in [4.69, 9.17) is 5.11 Å². The summed E-state index contributed by atoms with van der Waals surface area (Å²) in [5.74, 6) is 0.790. The van der Waals surface area contributed by atoms with Crippen molar-refractivity contribution in [3.05, 3.63) is 41.9 Å². The standard InChI is InChI=1S/C10H10FN3O/c1-7-12-2-3-14(7)10-8(6-15)4-9(11)5-13-10/h2-5,15H,6H2,1H3. The summed E-state index contributed by atoms with van der Waals surface area (Å²) in [6.07, 6.45) is 4.46. The molecule has 1 N–H and O–H groups in total. The van der Waals surface area contributed by atoms with Gasteiger partial charge in [-0.25, -0.2) is 14.4 Å². The van der Waals surface area contributed by atoms with Crippen LogP contribution in [0.25, 0.3) is 5.82 Å². The molecule has 0 unspecified atom stereocenters. The van der Waals surface area contributed by atoms with Crippen molar-refractivity contribution >= 4 is 0 Å². The molecule has 0 aliphatic carbocycles. The van der Waals surface area contributed by atoms with Gasteiger partial charge >= 0.3 is 0 Å². The largest absolute Gasteiger partial charge is 0.392 e. The maximum absolute atomic E-state index is 12.9. The fourth-order valence-electron chi connectivity index (χ4n) is 1.41. The lowest BCUT2D eigenvalue weighted by atomic mass is 10.2. The van der Waals surface area contributed by atoms with E-state index < -0.39 is 5.82 Å². The molecule has 0 saturated carbocycles. The lowest BCUT2D eigenvalue weighted by Gasteiger charge is -2.08. The van der Waals surface area contributed by atoms with Gasteiger partial charge in [0.15, 0.2) is 0 Å². The predicted molar refractivity (Wildman–Crippen MR) is 52.0 cm³/mol. The highest BCUT2D eigenvalue weighted by Gasteiger charge is 2.08. The summed E-state index contributed by atoms with van der Waals surface area (Å²) >= 11 is 0. The molecule has 78 valence electrons. The Hall–Kier alpha value is -1.75. The zero-order chi connectivity index (χ0) is 10.8. The van der Waals surface area contributed by atoms with Crippen molar-refractivity contribution in [1.29, 1.82) is 0 Å². The second kappa shape index (κ2) is 3.78. The number of aryl methyl sites for hydroxylation is 1. The first-order valence-corrected chi connectivity index (χ1v) is 4.48. The van der Waals surface area contributed by atoms with Crippen LogP contribution in [-0.2, 0) is 6.61 Å². The number of halogens is 1. The molecule has 2 rings (SSSR count). The second-order valence-corrected chi connectivity index (χ2v) is 3.14. The molecule has 15 heavy (non-hydrogen) atoms. The average Bonchev–Trinajstić information content (AvgIpc) is 2.64. The Bertz CT molecular complexity index is 481. The molecule has 4 nitrogen and oxygen atoms in total. The van der Waals surface area contributed by atoms with E-state index in [0.717, 1.165) is 12.0 Å². The van der Waals surface area contributed by atoms with Gasteiger partial charge in [-0.05, 0) is 13.0 Å². The number of rotatable bonds is 2. The number of aromatic nitrogens is 3. The SMILES string of the molecule is Cc1nccn1-c1ncc(F)cc1CO. The molecular formula is C10H10FN3O. The molecule has 0 fully saturated rings. The maximum atomic E-state index is 12.9.